The van der Waals surface area contributed by atoms with Crippen molar-refractivity contribution in [1.29, 1.82) is 0 Å². The Morgan fingerprint density at radius 3 is 2.30 bits per heavy atom. The van der Waals surface area contributed by atoms with E-state index in [2.05, 4.69) is 4.72 Å². The predicted molar refractivity (Wildman–Crippen MR) is 92.8 cm³/mol. The van der Waals surface area contributed by atoms with Gasteiger partial charge in [-0.05, 0) is 23.4 Å². The molecule has 0 aliphatic heterocycles. The number of hydrogen-bond acceptors (Lipinski definition) is 5. The zero-order valence-electron chi connectivity index (χ0n) is 12.7. The molecule has 0 aliphatic carbocycles. The summed E-state index contributed by atoms with van der Waals surface area (Å²) in [5, 5.41) is 0.741. The summed E-state index contributed by atoms with van der Waals surface area (Å²) in [4.78, 5) is 0. The quantitative estimate of drug-likeness (QED) is 0.771. The lowest BCUT2D eigenvalue weighted by Crippen LogP contribution is -2.33. The molecule has 23 heavy (non-hydrogen) atoms. The summed E-state index contributed by atoms with van der Waals surface area (Å²) in [6.45, 7) is 1.59. The van der Waals surface area contributed by atoms with Crippen LogP contribution < -0.4 is 4.72 Å². The van der Waals surface area contributed by atoms with Crippen LogP contribution in [0.4, 0.5) is 0 Å². The highest BCUT2D eigenvalue weighted by atomic mass is 32.2. The fourth-order valence-electron chi connectivity index (χ4n) is 2.18. The summed E-state index contributed by atoms with van der Waals surface area (Å²) in [5.41, 5.74) is 0.570. The van der Waals surface area contributed by atoms with Crippen LogP contribution in [0.15, 0.2) is 52.1 Å². The molecule has 0 unspecified atom stereocenters. The molecule has 0 bridgehead atoms. The molecule has 0 fully saturated rings. The van der Waals surface area contributed by atoms with E-state index < -0.39 is 25.1 Å². The minimum absolute atomic E-state index is 0.0203. The molecule has 0 amide bonds. The summed E-state index contributed by atoms with van der Waals surface area (Å²) in [5.74, 6) is -0.0203. The van der Waals surface area contributed by atoms with Crippen molar-refractivity contribution in [3.8, 4) is 0 Å². The lowest BCUT2D eigenvalue weighted by Gasteiger charge is -2.18. The second-order valence-corrected chi connectivity index (χ2v) is 10.3. The van der Waals surface area contributed by atoms with E-state index in [1.54, 1.807) is 48.7 Å². The first-order chi connectivity index (χ1) is 10.9. The molecule has 0 radical (unpaired) electrons. The first-order valence-electron chi connectivity index (χ1n) is 7.16. The molecule has 0 aliphatic rings. The molecular weight excluding hydrogens is 354 g/mol. The van der Waals surface area contributed by atoms with Crippen molar-refractivity contribution in [2.75, 3.05) is 12.3 Å². The molecule has 5 nitrogen and oxygen atoms in total. The molecule has 2 aromatic rings. The molecule has 126 valence electrons. The fraction of sp³-hybridized carbons (Fsp3) is 0.333. The number of rotatable bonds is 8. The van der Waals surface area contributed by atoms with E-state index in [-0.39, 0.29) is 16.5 Å². The summed E-state index contributed by atoms with van der Waals surface area (Å²) < 4.78 is 52.1. The summed E-state index contributed by atoms with van der Waals surface area (Å²) >= 11 is 1.13. The smallest absolute Gasteiger partial charge is 0.211 e. The van der Waals surface area contributed by atoms with Crippen LogP contribution in [0.2, 0.25) is 0 Å². The normalized spacial score (nSPS) is 13.8. The largest absolute Gasteiger partial charge is 0.222 e. The Labute approximate surface area is 141 Å². The molecule has 1 heterocycles. The molecular formula is C15H19NO4S3. The Balaban J connectivity index is 2.34. The van der Waals surface area contributed by atoms with Gasteiger partial charge in [0, 0.05) is 6.54 Å². The van der Waals surface area contributed by atoms with Gasteiger partial charge in [0.05, 0.1) is 5.75 Å². The predicted octanol–water partition coefficient (Wildman–Crippen LogP) is 2.59. The third-order valence-electron chi connectivity index (χ3n) is 3.28. The molecule has 1 N–H and O–H groups in total. The first kappa shape index (κ1) is 18.1. The van der Waals surface area contributed by atoms with E-state index in [1.807, 2.05) is 0 Å². The van der Waals surface area contributed by atoms with Crippen molar-refractivity contribution >= 4 is 31.2 Å². The standard InChI is InChI=1S/C15H19NO4S3/c1-2-11-22(17,18)16-12-14(13-7-4-3-5-8-13)23(19,20)15-9-6-10-21-15/h3-10,14,16H,2,11-12H2,1H3/t14-/m0/s1. The van der Waals surface area contributed by atoms with Crippen LogP contribution in [-0.4, -0.2) is 29.1 Å². The Bertz CT molecular complexity index is 813. The number of benzene rings is 1. The van der Waals surface area contributed by atoms with Gasteiger partial charge in [0.15, 0.2) is 9.84 Å². The monoisotopic (exact) mass is 373 g/mol. The Morgan fingerprint density at radius 2 is 1.74 bits per heavy atom. The Hall–Kier alpha value is -1.22. The van der Waals surface area contributed by atoms with Crippen molar-refractivity contribution in [3.05, 3.63) is 53.4 Å². The zero-order valence-corrected chi connectivity index (χ0v) is 15.1. The van der Waals surface area contributed by atoms with E-state index in [1.165, 1.54) is 6.07 Å². The Kier molecular flexibility index (Phi) is 5.96. The molecule has 0 saturated heterocycles. The van der Waals surface area contributed by atoms with Gasteiger partial charge in [-0.1, -0.05) is 43.3 Å². The van der Waals surface area contributed by atoms with Crippen molar-refractivity contribution in [2.24, 2.45) is 0 Å². The highest BCUT2D eigenvalue weighted by Crippen LogP contribution is 2.31. The van der Waals surface area contributed by atoms with E-state index >= 15 is 0 Å². The molecule has 1 aromatic heterocycles. The second-order valence-electron chi connectivity index (χ2n) is 5.04. The van der Waals surface area contributed by atoms with Crippen LogP contribution in [0, 0.1) is 0 Å². The number of thiophene rings is 1. The van der Waals surface area contributed by atoms with Crippen LogP contribution in [0.3, 0.4) is 0 Å². The van der Waals surface area contributed by atoms with E-state index in [0.29, 0.717) is 12.0 Å². The minimum atomic E-state index is -3.66. The van der Waals surface area contributed by atoms with Gasteiger partial charge >= 0.3 is 0 Å². The van der Waals surface area contributed by atoms with Crippen LogP contribution in [0.5, 0.6) is 0 Å². The van der Waals surface area contributed by atoms with Crippen molar-refractivity contribution in [3.63, 3.8) is 0 Å². The highest BCUT2D eigenvalue weighted by Gasteiger charge is 2.30. The highest BCUT2D eigenvalue weighted by molar-refractivity contribution is 7.93. The van der Waals surface area contributed by atoms with E-state index in [0.717, 1.165) is 11.3 Å². The van der Waals surface area contributed by atoms with Gasteiger partial charge in [-0.3, -0.25) is 0 Å². The number of hydrogen-bond donors (Lipinski definition) is 1. The maximum absolute atomic E-state index is 12.8. The van der Waals surface area contributed by atoms with Crippen LogP contribution in [-0.2, 0) is 19.9 Å². The maximum atomic E-state index is 12.8. The van der Waals surface area contributed by atoms with Gasteiger partial charge in [0.25, 0.3) is 0 Å². The second kappa shape index (κ2) is 7.57. The molecule has 0 saturated carbocycles. The average molecular weight is 374 g/mol. The summed E-state index contributed by atoms with van der Waals surface area (Å²) in [7, 11) is -7.13. The lowest BCUT2D eigenvalue weighted by atomic mass is 10.1. The van der Waals surface area contributed by atoms with Crippen molar-refractivity contribution in [2.45, 2.75) is 22.8 Å². The first-order valence-corrected chi connectivity index (χ1v) is 11.2. The average Bonchev–Trinajstić information content (AvgIpc) is 3.03. The maximum Gasteiger partial charge on any atom is 0.211 e. The van der Waals surface area contributed by atoms with Gasteiger partial charge in [0.1, 0.15) is 9.46 Å². The third-order valence-corrected chi connectivity index (χ3v) is 8.37. The molecule has 2 rings (SSSR count). The molecule has 1 atom stereocenters. The Morgan fingerprint density at radius 1 is 1.04 bits per heavy atom. The fourth-order valence-corrected chi connectivity index (χ4v) is 6.26. The molecule has 1 aromatic carbocycles. The van der Waals surface area contributed by atoms with Crippen LogP contribution in [0.1, 0.15) is 24.2 Å². The summed E-state index contributed by atoms with van der Waals surface area (Å²) in [6, 6.07) is 11.9. The van der Waals surface area contributed by atoms with Crippen molar-refractivity contribution in [1.82, 2.24) is 4.72 Å². The number of nitrogens with one attached hydrogen (secondary N) is 1. The molecule has 8 heteroatoms. The lowest BCUT2D eigenvalue weighted by molar-refractivity contribution is 0.569. The van der Waals surface area contributed by atoms with Gasteiger partial charge in [0.2, 0.25) is 10.0 Å². The van der Waals surface area contributed by atoms with Crippen LogP contribution >= 0.6 is 11.3 Å². The number of sulfonamides is 1. The van der Waals surface area contributed by atoms with Crippen LogP contribution in [0.25, 0.3) is 0 Å². The van der Waals surface area contributed by atoms with Gasteiger partial charge in [-0.25, -0.2) is 21.6 Å². The SMILES string of the molecule is CCCS(=O)(=O)NC[C@@H](c1ccccc1)S(=O)(=O)c1cccs1. The summed E-state index contributed by atoms with van der Waals surface area (Å²) in [6.07, 6.45) is 0.475. The zero-order chi connectivity index (χ0) is 16.9. The number of sulfone groups is 1. The van der Waals surface area contributed by atoms with Gasteiger partial charge < -0.3 is 0 Å². The third kappa shape index (κ3) is 4.63. The van der Waals surface area contributed by atoms with E-state index in [9.17, 15) is 16.8 Å². The minimum Gasteiger partial charge on any atom is -0.222 e. The molecule has 0 spiro atoms. The van der Waals surface area contributed by atoms with Gasteiger partial charge in [-0.2, -0.15) is 0 Å². The topological polar surface area (TPSA) is 80.3 Å². The van der Waals surface area contributed by atoms with E-state index in [4.69, 9.17) is 0 Å². The van der Waals surface area contributed by atoms with Crippen molar-refractivity contribution < 1.29 is 16.8 Å². The van der Waals surface area contributed by atoms with Gasteiger partial charge in [-0.15, -0.1) is 11.3 Å².